The normalized spacial score (nSPS) is 13.4. The number of carbonyl (C=O) groups is 2. The summed E-state index contributed by atoms with van der Waals surface area (Å²) in [6, 6.07) is 17.6. The molecule has 1 aromatic heterocycles. The first-order chi connectivity index (χ1) is 17.6. The molecule has 0 unspecified atom stereocenters. The minimum Gasteiger partial charge on any atom is -0.405 e. The number of ether oxygens (including phenoxy) is 1. The Balaban J connectivity index is 1.37. The number of para-hydroxylation sites is 1. The number of hydrogen-bond donors (Lipinski definition) is 2. The summed E-state index contributed by atoms with van der Waals surface area (Å²) >= 11 is 0. The van der Waals surface area contributed by atoms with Gasteiger partial charge in [-0.05, 0) is 29.3 Å². The Hall–Kier alpha value is -4.43. The molecule has 0 aliphatic carbocycles. The van der Waals surface area contributed by atoms with Gasteiger partial charge in [-0.25, -0.2) is 4.98 Å². The molecule has 0 spiro atoms. The highest BCUT2D eigenvalue weighted by molar-refractivity contribution is 5.87. The largest absolute Gasteiger partial charge is 0.573 e. The van der Waals surface area contributed by atoms with Crippen molar-refractivity contribution in [2.24, 2.45) is 0 Å². The molecule has 2 N–H and O–H groups in total. The lowest BCUT2D eigenvalue weighted by Gasteiger charge is -2.19. The van der Waals surface area contributed by atoms with Gasteiger partial charge in [-0.2, -0.15) is 5.26 Å². The summed E-state index contributed by atoms with van der Waals surface area (Å²) in [5.74, 6) is -1.64. The van der Waals surface area contributed by atoms with Gasteiger partial charge in [-0.15, -0.1) is 13.2 Å². The number of nitriles is 1. The maximum Gasteiger partial charge on any atom is 0.573 e. The minimum atomic E-state index is -4.91. The van der Waals surface area contributed by atoms with Crippen LogP contribution in [0.1, 0.15) is 28.9 Å². The summed E-state index contributed by atoms with van der Waals surface area (Å²) in [5.41, 5.74) is 2.24. The number of rotatable bonds is 7. The lowest BCUT2D eigenvalue weighted by atomic mass is 10.0. The molecule has 1 aliphatic heterocycles. The number of nitrogens with one attached hydrogen (secondary N) is 1. The summed E-state index contributed by atoms with van der Waals surface area (Å²) in [5, 5.41) is 22.3. The van der Waals surface area contributed by atoms with Crippen LogP contribution in [0.2, 0.25) is 0 Å². The summed E-state index contributed by atoms with van der Waals surface area (Å²) in [6.45, 7) is 0.598. The van der Waals surface area contributed by atoms with Gasteiger partial charge in [0, 0.05) is 24.2 Å². The first-order valence-corrected chi connectivity index (χ1v) is 11.2. The van der Waals surface area contributed by atoms with Gasteiger partial charge in [0.15, 0.2) is 0 Å². The summed E-state index contributed by atoms with van der Waals surface area (Å²) in [7, 11) is 0. The molecule has 1 atom stereocenters. The van der Waals surface area contributed by atoms with Crippen LogP contribution < -0.4 is 10.1 Å². The van der Waals surface area contributed by atoms with E-state index in [-0.39, 0.29) is 29.1 Å². The van der Waals surface area contributed by atoms with Crippen LogP contribution in [0.5, 0.6) is 5.75 Å². The molecule has 3 aromatic rings. The van der Waals surface area contributed by atoms with Crippen molar-refractivity contribution in [1.82, 2.24) is 15.2 Å². The Morgan fingerprint density at radius 1 is 1.05 bits per heavy atom. The molecule has 37 heavy (non-hydrogen) atoms. The number of benzene rings is 2. The Bertz CT molecular complexity index is 1350. The van der Waals surface area contributed by atoms with Gasteiger partial charge in [-0.1, -0.05) is 42.5 Å². The number of aliphatic hydroxyl groups is 1. The van der Waals surface area contributed by atoms with Crippen LogP contribution in [-0.2, 0) is 29.2 Å². The first kappa shape index (κ1) is 25.7. The van der Waals surface area contributed by atoms with E-state index in [1.54, 1.807) is 0 Å². The van der Waals surface area contributed by atoms with Gasteiger partial charge in [0.2, 0.25) is 5.91 Å². The summed E-state index contributed by atoms with van der Waals surface area (Å²) < 4.78 is 42.4. The number of alkyl halides is 3. The van der Waals surface area contributed by atoms with E-state index in [9.17, 15) is 33.1 Å². The fourth-order valence-corrected chi connectivity index (χ4v) is 4.03. The van der Waals surface area contributed by atoms with Gasteiger partial charge in [0.25, 0.3) is 5.91 Å². The fraction of sp³-hybridized carbons (Fsp3) is 0.231. The average Bonchev–Trinajstić information content (AvgIpc) is 3.30. The highest BCUT2D eigenvalue weighted by Gasteiger charge is 2.32. The first-order valence-electron chi connectivity index (χ1n) is 11.2. The third kappa shape index (κ3) is 6.23. The van der Waals surface area contributed by atoms with Crippen molar-refractivity contribution in [3.05, 3.63) is 83.2 Å². The second-order valence-electron chi connectivity index (χ2n) is 8.31. The topological polar surface area (TPSA) is 116 Å². The molecule has 2 amide bonds. The van der Waals surface area contributed by atoms with E-state index >= 15 is 0 Å². The number of aliphatic hydroxyl groups excluding tert-OH is 1. The van der Waals surface area contributed by atoms with Crippen LogP contribution in [-0.4, -0.2) is 39.3 Å². The van der Waals surface area contributed by atoms with Crippen molar-refractivity contribution >= 4 is 11.8 Å². The molecule has 4 rings (SSSR count). The number of amides is 2. The molecule has 190 valence electrons. The average molecular weight is 510 g/mol. The van der Waals surface area contributed by atoms with E-state index < -0.39 is 36.5 Å². The Morgan fingerprint density at radius 2 is 1.70 bits per heavy atom. The lowest BCUT2D eigenvalue weighted by Crippen LogP contribution is -2.39. The highest BCUT2D eigenvalue weighted by atomic mass is 19.4. The Kier molecular flexibility index (Phi) is 7.40. The lowest BCUT2D eigenvalue weighted by molar-refractivity contribution is -0.274. The molecular weight excluding hydrogens is 489 g/mol. The number of fused-ring (bicyclic) bond motifs is 1. The van der Waals surface area contributed by atoms with E-state index in [4.69, 9.17) is 0 Å². The minimum absolute atomic E-state index is 0.0326. The zero-order valence-corrected chi connectivity index (χ0v) is 19.3. The summed E-state index contributed by atoms with van der Waals surface area (Å²) in [4.78, 5) is 30.5. The molecule has 0 fully saturated rings. The third-order valence-electron chi connectivity index (χ3n) is 5.74. The number of halogens is 3. The zero-order chi connectivity index (χ0) is 26.6. The molecule has 11 heteroatoms. The third-order valence-corrected chi connectivity index (χ3v) is 5.74. The molecule has 8 nitrogen and oxygen atoms in total. The number of carbonyl (C=O) groups excluding carboxylic acids is 2. The van der Waals surface area contributed by atoms with Crippen LogP contribution >= 0.6 is 0 Å². The van der Waals surface area contributed by atoms with E-state index in [0.29, 0.717) is 13.1 Å². The predicted octanol–water partition coefficient (Wildman–Crippen LogP) is 3.43. The van der Waals surface area contributed by atoms with Crippen molar-refractivity contribution in [2.75, 3.05) is 0 Å². The van der Waals surface area contributed by atoms with Crippen molar-refractivity contribution < 1.29 is 32.6 Å². The number of aromatic nitrogens is 1. The van der Waals surface area contributed by atoms with Crippen LogP contribution in [0.15, 0.2) is 60.7 Å². The van der Waals surface area contributed by atoms with Crippen LogP contribution in [0.3, 0.4) is 0 Å². The number of nitrogens with zero attached hydrogens (tertiary/aromatic N) is 3. The second-order valence-corrected chi connectivity index (χ2v) is 8.31. The van der Waals surface area contributed by atoms with Crippen LogP contribution in [0.4, 0.5) is 13.2 Å². The fourth-order valence-electron chi connectivity index (χ4n) is 4.03. The van der Waals surface area contributed by atoms with Gasteiger partial charge >= 0.3 is 6.36 Å². The van der Waals surface area contributed by atoms with Crippen molar-refractivity contribution in [3.8, 4) is 22.9 Å². The smallest absolute Gasteiger partial charge is 0.405 e. The van der Waals surface area contributed by atoms with E-state index in [0.717, 1.165) is 17.2 Å². The predicted molar refractivity (Wildman–Crippen MR) is 124 cm³/mol. The standard InChI is InChI=1S/C26H21F3N4O4/c27-26(28,29)37-23-8-4-3-7-20(23)19-10-9-18(32-21(19)12-30)13-31-24(35)11-22(34)25(36)33-14-16-5-1-2-6-17(16)15-33/h1-10,22,34H,11,13-15H2,(H,31,35)/t22-/m1/s1. The molecule has 0 bridgehead atoms. The quantitative estimate of drug-likeness (QED) is 0.503. The summed E-state index contributed by atoms with van der Waals surface area (Å²) in [6.07, 6.45) is -6.90. The molecule has 2 aromatic carbocycles. The molecular formula is C26H21F3N4O4. The molecule has 2 heterocycles. The monoisotopic (exact) mass is 510 g/mol. The van der Waals surface area contributed by atoms with Gasteiger partial charge in [-0.3, -0.25) is 9.59 Å². The molecule has 1 aliphatic rings. The van der Waals surface area contributed by atoms with Crippen LogP contribution in [0.25, 0.3) is 11.1 Å². The number of hydrogen-bond acceptors (Lipinski definition) is 6. The second kappa shape index (κ2) is 10.7. The zero-order valence-electron chi connectivity index (χ0n) is 19.3. The molecule has 0 radical (unpaired) electrons. The van der Waals surface area contributed by atoms with Gasteiger partial charge < -0.3 is 20.1 Å². The molecule has 0 saturated carbocycles. The van der Waals surface area contributed by atoms with Crippen molar-refractivity contribution in [3.63, 3.8) is 0 Å². The van der Waals surface area contributed by atoms with Crippen molar-refractivity contribution in [1.29, 1.82) is 5.26 Å². The maximum atomic E-state index is 12.8. The Labute approximate surface area is 209 Å². The van der Waals surface area contributed by atoms with Crippen molar-refractivity contribution in [2.45, 2.75) is 38.5 Å². The van der Waals surface area contributed by atoms with Gasteiger partial charge in [0.1, 0.15) is 23.6 Å². The number of pyridine rings is 1. The Morgan fingerprint density at radius 3 is 2.35 bits per heavy atom. The molecule has 0 saturated heterocycles. The SMILES string of the molecule is N#Cc1nc(CNC(=O)C[C@@H](O)C(=O)N2Cc3ccccc3C2)ccc1-c1ccccc1OC(F)(F)F. The van der Waals surface area contributed by atoms with E-state index in [2.05, 4.69) is 15.0 Å². The highest BCUT2D eigenvalue weighted by Crippen LogP contribution is 2.35. The van der Waals surface area contributed by atoms with Crippen LogP contribution in [0, 0.1) is 11.3 Å². The van der Waals surface area contributed by atoms with E-state index in [1.807, 2.05) is 30.3 Å². The van der Waals surface area contributed by atoms with Gasteiger partial charge in [0.05, 0.1) is 18.7 Å². The maximum absolute atomic E-state index is 12.8. The van der Waals surface area contributed by atoms with E-state index in [1.165, 1.54) is 35.2 Å².